The number of aromatic amines is 1. The van der Waals surface area contributed by atoms with Gasteiger partial charge in [0, 0.05) is 27.7 Å². The molecule has 0 atom stereocenters. The van der Waals surface area contributed by atoms with Gasteiger partial charge in [-0.15, -0.1) is 0 Å². The van der Waals surface area contributed by atoms with Gasteiger partial charge in [0.2, 0.25) is 0 Å². The number of phenols is 2. The highest BCUT2D eigenvalue weighted by Crippen LogP contribution is 2.29. The highest BCUT2D eigenvalue weighted by atomic mass is 16.6. The van der Waals surface area contributed by atoms with Gasteiger partial charge in [0.25, 0.3) is 0 Å². The second-order valence-corrected chi connectivity index (χ2v) is 8.83. The van der Waals surface area contributed by atoms with Crippen molar-refractivity contribution in [3.63, 3.8) is 0 Å². The lowest BCUT2D eigenvalue weighted by molar-refractivity contribution is 0.0541. The number of hydrogen-bond donors (Lipinski definition) is 3. The topological polar surface area (TPSA) is 87.5 Å². The fourth-order valence-electron chi connectivity index (χ4n) is 3.55. The molecule has 164 valence electrons. The van der Waals surface area contributed by atoms with Crippen molar-refractivity contribution in [1.82, 2.24) is 9.55 Å². The molecule has 2 aromatic heterocycles. The van der Waals surface area contributed by atoms with Crippen molar-refractivity contribution in [2.75, 3.05) is 0 Å². The van der Waals surface area contributed by atoms with Gasteiger partial charge in [0.15, 0.2) is 0 Å². The van der Waals surface area contributed by atoms with Crippen molar-refractivity contribution >= 4 is 27.9 Å². The Morgan fingerprint density at radius 2 is 1.48 bits per heavy atom. The molecule has 0 bridgehead atoms. The average Bonchev–Trinajstić information content (AvgIpc) is 3.08. The molecule has 6 nitrogen and oxygen atoms in total. The molecule has 0 amide bonds. The molecule has 0 aliphatic rings. The van der Waals surface area contributed by atoms with E-state index in [1.807, 2.05) is 54.5 Å². The summed E-state index contributed by atoms with van der Waals surface area (Å²) in [5, 5.41) is 20.8. The van der Waals surface area contributed by atoms with Crippen molar-refractivity contribution < 1.29 is 19.7 Å². The van der Waals surface area contributed by atoms with Crippen molar-refractivity contribution in [2.24, 2.45) is 0 Å². The normalized spacial score (nSPS) is 11.5. The number of hydrogen-bond acceptors (Lipinski definition) is 4. The van der Waals surface area contributed by atoms with Crippen LogP contribution in [-0.2, 0) is 4.74 Å². The first-order valence-electron chi connectivity index (χ1n) is 10.2. The summed E-state index contributed by atoms with van der Waals surface area (Å²) in [4.78, 5) is 15.5. The molecule has 2 aromatic carbocycles. The van der Waals surface area contributed by atoms with Gasteiger partial charge in [-0.2, -0.15) is 0 Å². The average molecular weight is 423 g/mol. The van der Waals surface area contributed by atoms with E-state index in [0.717, 1.165) is 38.8 Å². The predicted octanol–water partition coefficient (Wildman–Crippen LogP) is 6.24. The maximum absolute atomic E-state index is 12.3. The number of carbonyl (C=O) groups is 1. The minimum atomic E-state index is -0.537. The van der Waals surface area contributed by atoms with Crippen molar-refractivity contribution in [1.29, 1.82) is 0 Å². The first kappa shape index (κ1) is 22.3. The molecule has 0 saturated heterocycles. The van der Waals surface area contributed by atoms with Crippen LogP contribution in [-0.4, -0.2) is 31.5 Å². The van der Waals surface area contributed by atoms with Crippen LogP contribution in [0.3, 0.4) is 0 Å². The van der Waals surface area contributed by atoms with Crippen LogP contribution in [0.4, 0.5) is 4.79 Å². The van der Waals surface area contributed by atoms with Crippen molar-refractivity contribution in [3.05, 3.63) is 58.9 Å². The number of aromatic nitrogens is 2. The molecule has 0 spiro atoms. The molecular formula is C25H30N2O4. The van der Waals surface area contributed by atoms with Gasteiger partial charge in [0.1, 0.15) is 17.1 Å². The second kappa shape index (κ2) is 8.02. The summed E-state index contributed by atoms with van der Waals surface area (Å²) >= 11 is 0. The highest BCUT2D eigenvalue weighted by Gasteiger charge is 2.22. The first-order valence-corrected chi connectivity index (χ1v) is 10.2. The van der Waals surface area contributed by atoms with Crippen LogP contribution in [0.15, 0.2) is 36.4 Å². The third kappa shape index (κ3) is 4.53. The minimum Gasteiger partial charge on any atom is -0.508 e. The SMILES string of the molecule is Cc1[nH]c2ccc(O)cc2c1C.Cc1c(C)n(C(=O)OC(C)(C)C)c2ccc(O)cc12. The summed E-state index contributed by atoms with van der Waals surface area (Å²) in [6, 6.07) is 10.3. The Kier molecular flexibility index (Phi) is 5.77. The number of aromatic hydroxyl groups is 2. The van der Waals surface area contributed by atoms with Gasteiger partial charge in [0.05, 0.1) is 5.52 Å². The third-order valence-corrected chi connectivity index (χ3v) is 5.37. The van der Waals surface area contributed by atoms with Gasteiger partial charge in [-0.25, -0.2) is 9.36 Å². The van der Waals surface area contributed by atoms with E-state index >= 15 is 0 Å². The lowest BCUT2D eigenvalue weighted by atomic mass is 10.1. The summed E-state index contributed by atoms with van der Waals surface area (Å²) in [7, 11) is 0. The molecule has 4 rings (SSSR count). The number of phenolic OH excluding ortho intramolecular Hbond substituents is 2. The molecule has 0 radical (unpaired) electrons. The highest BCUT2D eigenvalue weighted by molar-refractivity contribution is 5.94. The Labute approximate surface area is 182 Å². The van der Waals surface area contributed by atoms with Crippen LogP contribution in [0.1, 0.15) is 43.3 Å². The van der Waals surface area contributed by atoms with Crippen LogP contribution in [0.5, 0.6) is 11.5 Å². The van der Waals surface area contributed by atoms with Crippen LogP contribution >= 0.6 is 0 Å². The summed E-state index contributed by atoms with van der Waals surface area (Å²) in [6.45, 7) is 13.4. The molecule has 3 N–H and O–H groups in total. The van der Waals surface area contributed by atoms with Crippen molar-refractivity contribution in [3.8, 4) is 11.5 Å². The fourth-order valence-corrected chi connectivity index (χ4v) is 3.55. The Balaban J connectivity index is 0.000000194. The summed E-state index contributed by atoms with van der Waals surface area (Å²) in [5.41, 5.74) is 5.47. The first-order chi connectivity index (χ1) is 14.4. The van der Waals surface area contributed by atoms with Gasteiger partial charge in [-0.05, 0) is 96.0 Å². The number of rotatable bonds is 0. The van der Waals surface area contributed by atoms with E-state index in [2.05, 4.69) is 4.98 Å². The Bertz CT molecular complexity index is 1270. The van der Waals surface area contributed by atoms with Crippen molar-refractivity contribution in [2.45, 2.75) is 54.1 Å². The number of aryl methyl sites for hydroxylation is 3. The van der Waals surface area contributed by atoms with Crippen LogP contribution < -0.4 is 0 Å². The standard InChI is InChI=1S/C15H19NO3.C10H11NO/c1-9-10(2)16(14(18)19-15(3,4)5)13-7-6-11(17)8-12(9)13;1-6-7(2)11-10-4-3-8(12)5-9(6)10/h6-8,17H,1-5H3;3-5,11-12H,1-2H3. The molecule has 31 heavy (non-hydrogen) atoms. The number of benzene rings is 2. The van der Waals surface area contributed by atoms with E-state index in [1.165, 1.54) is 5.56 Å². The second-order valence-electron chi connectivity index (χ2n) is 8.83. The largest absolute Gasteiger partial charge is 0.508 e. The third-order valence-electron chi connectivity index (χ3n) is 5.37. The van der Waals surface area contributed by atoms with E-state index in [1.54, 1.807) is 34.9 Å². The summed E-state index contributed by atoms with van der Waals surface area (Å²) in [5.74, 6) is 0.515. The van der Waals surface area contributed by atoms with E-state index in [4.69, 9.17) is 4.74 Å². The van der Waals surface area contributed by atoms with Gasteiger partial charge < -0.3 is 19.9 Å². The number of fused-ring (bicyclic) bond motifs is 2. The van der Waals surface area contributed by atoms with E-state index < -0.39 is 11.7 Å². The van der Waals surface area contributed by atoms with Gasteiger partial charge >= 0.3 is 6.09 Å². The molecule has 0 saturated carbocycles. The van der Waals surface area contributed by atoms with E-state index in [0.29, 0.717) is 5.75 Å². The number of H-pyrrole nitrogens is 1. The number of nitrogens with one attached hydrogen (secondary N) is 1. The van der Waals surface area contributed by atoms with Crippen LogP contribution in [0, 0.1) is 27.7 Å². The predicted molar refractivity (Wildman–Crippen MR) is 124 cm³/mol. The molecule has 6 heteroatoms. The zero-order valence-electron chi connectivity index (χ0n) is 19.1. The summed E-state index contributed by atoms with van der Waals surface area (Å²) < 4.78 is 6.97. The maximum Gasteiger partial charge on any atom is 0.419 e. The Hall–Kier alpha value is -3.41. The van der Waals surface area contributed by atoms with E-state index in [-0.39, 0.29) is 5.75 Å². The lowest BCUT2D eigenvalue weighted by Crippen LogP contribution is -2.27. The maximum atomic E-state index is 12.3. The van der Waals surface area contributed by atoms with Gasteiger partial charge in [-0.1, -0.05) is 0 Å². The Morgan fingerprint density at radius 3 is 2.10 bits per heavy atom. The van der Waals surface area contributed by atoms with E-state index in [9.17, 15) is 15.0 Å². The smallest absolute Gasteiger partial charge is 0.419 e. The molecule has 0 fully saturated rings. The van der Waals surface area contributed by atoms with Gasteiger partial charge in [-0.3, -0.25) is 0 Å². The monoisotopic (exact) mass is 422 g/mol. The molecule has 0 aliphatic heterocycles. The molecule has 0 aliphatic carbocycles. The minimum absolute atomic E-state index is 0.192. The zero-order valence-corrected chi connectivity index (χ0v) is 19.1. The number of nitrogens with zero attached hydrogens (tertiary/aromatic N) is 1. The molecular weight excluding hydrogens is 392 g/mol. The molecule has 2 heterocycles. The summed E-state index contributed by atoms with van der Waals surface area (Å²) in [6.07, 6.45) is -0.395. The van der Waals surface area contributed by atoms with Crippen LogP contribution in [0.2, 0.25) is 0 Å². The fraction of sp³-hybridized carbons (Fsp3) is 0.320. The quantitative estimate of drug-likeness (QED) is 0.313. The lowest BCUT2D eigenvalue weighted by Gasteiger charge is -2.20. The zero-order chi connectivity index (χ0) is 23.1. The molecule has 0 unspecified atom stereocenters. The Morgan fingerprint density at radius 1 is 0.903 bits per heavy atom. The number of carbonyl (C=O) groups excluding carboxylic acids is 1. The van der Waals surface area contributed by atoms with Crippen LogP contribution in [0.25, 0.3) is 21.8 Å². The molecule has 4 aromatic rings. The number of ether oxygens (including phenoxy) is 1.